The number of carboxylic acid groups (broad SMARTS) is 1. The molecule has 9 nitrogen and oxygen atoms in total. The van der Waals surface area contributed by atoms with E-state index in [-0.39, 0.29) is 0 Å². The minimum atomic E-state index is -1.19. The lowest BCUT2D eigenvalue weighted by Crippen LogP contribution is -2.46. The smallest absolute Gasteiger partial charge is 0.343 e. The number of methoxy groups -OCH3 is 1. The van der Waals surface area contributed by atoms with E-state index >= 15 is 0 Å². The number of aliphatic carboxylic acids is 1. The highest BCUT2D eigenvalue weighted by atomic mass is 16.6. The van der Waals surface area contributed by atoms with Crippen molar-refractivity contribution in [2.45, 2.75) is 31.5 Å². The molecule has 0 bridgehead atoms. The van der Waals surface area contributed by atoms with Crippen molar-refractivity contribution >= 4 is 11.9 Å². The summed E-state index contributed by atoms with van der Waals surface area (Å²) in [6.07, 6.45) is -1.04. The molecule has 0 spiro atoms. The summed E-state index contributed by atoms with van der Waals surface area (Å²) in [5.41, 5.74) is 0.294. The molecule has 1 aromatic rings. The van der Waals surface area contributed by atoms with Gasteiger partial charge in [-0.25, -0.2) is 4.79 Å². The molecule has 1 aromatic heterocycles. The van der Waals surface area contributed by atoms with Crippen molar-refractivity contribution < 1.29 is 44.1 Å². The molecule has 23 heavy (non-hydrogen) atoms. The van der Waals surface area contributed by atoms with Crippen molar-refractivity contribution in [3.63, 3.8) is 0 Å². The van der Waals surface area contributed by atoms with E-state index in [4.69, 9.17) is 19.7 Å². The first kappa shape index (κ1) is 19.0. The second kappa shape index (κ2) is 8.53. The molecule has 0 aliphatic carbocycles. The zero-order valence-electron chi connectivity index (χ0n) is 12.7. The van der Waals surface area contributed by atoms with Crippen LogP contribution in [0.5, 0.6) is 0 Å². The number of hydrogen-bond acceptors (Lipinski definition) is 8. The number of carbonyl (C=O) groups is 2. The van der Waals surface area contributed by atoms with E-state index in [1.54, 1.807) is 18.3 Å². The molecular weight excluding hydrogens is 310 g/mol. The Bertz CT molecular complexity index is 545. The summed E-state index contributed by atoms with van der Waals surface area (Å²) in [4.78, 5) is 20.3. The number of esters is 1. The van der Waals surface area contributed by atoms with Crippen LogP contribution >= 0.6 is 0 Å². The average Bonchev–Trinajstić information content (AvgIpc) is 2.81. The van der Waals surface area contributed by atoms with Crippen molar-refractivity contribution in [2.24, 2.45) is 0 Å². The number of rotatable bonds is 3. The lowest BCUT2D eigenvalue weighted by Gasteiger charge is -2.10. The second-order valence-corrected chi connectivity index (χ2v) is 4.75. The molecule has 0 saturated carbocycles. The van der Waals surface area contributed by atoms with Crippen LogP contribution in [0.25, 0.3) is 0 Å². The van der Waals surface area contributed by atoms with Crippen LogP contribution in [0, 0.1) is 0 Å². The third-order valence-electron chi connectivity index (χ3n) is 3.05. The van der Waals surface area contributed by atoms with Crippen molar-refractivity contribution in [3.05, 3.63) is 30.1 Å². The Morgan fingerprint density at radius 1 is 1.39 bits per heavy atom. The minimum absolute atomic E-state index is 0.294. The van der Waals surface area contributed by atoms with E-state index < -0.39 is 43.1 Å². The van der Waals surface area contributed by atoms with Crippen LogP contribution in [0.4, 0.5) is 0 Å². The number of aliphatic hydroxyl groups excluding tert-OH is 3. The van der Waals surface area contributed by atoms with Crippen molar-refractivity contribution in [1.82, 2.24) is 0 Å². The summed E-state index contributed by atoms with van der Waals surface area (Å²) in [6.45, 7) is 0.575. The number of aromatic nitrogens is 1. The first-order chi connectivity index (χ1) is 10.8. The molecule has 1 fully saturated rings. The van der Waals surface area contributed by atoms with E-state index in [0.29, 0.717) is 5.56 Å². The molecular formula is C14H19NO8. The highest BCUT2D eigenvalue weighted by Gasteiger charge is 2.47. The highest BCUT2D eigenvalue weighted by molar-refractivity contribution is 5.88. The van der Waals surface area contributed by atoms with Gasteiger partial charge in [0.1, 0.15) is 17.8 Å². The van der Waals surface area contributed by atoms with Gasteiger partial charge in [-0.1, -0.05) is 0 Å². The van der Waals surface area contributed by atoms with E-state index in [9.17, 15) is 15.0 Å². The van der Waals surface area contributed by atoms with Crippen LogP contribution in [0.1, 0.15) is 23.5 Å². The van der Waals surface area contributed by atoms with E-state index in [2.05, 4.69) is 4.74 Å². The largest absolute Gasteiger partial charge is 0.550 e. The van der Waals surface area contributed by atoms with Gasteiger partial charge in [0.25, 0.3) is 6.23 Å². The predicted octanol–water partition coefficient (Wildman–Crippen LogP) is -2.87. The Labute approximate surface area is 132 Å². The second-order valence-electron chi connectivity index (χ2n) is 4.75. The number of hydrogen-bond donors (Lipinski definition) is 3. The van der Waals surface area contributed by atoms with E-state index in [0.717, 1.165) is 6.92 Å². The molecule has 0 amide bonds. The fourth-order valence-corrected chi connectivity index (χ4v) is 2.02. The molecule has 9 heteroatoms. The minimum Gasteiger partial charge on any atom is -0.550 e. The number of carbonyl (C=O) groups excluding carboxylic acids is 2. The Morgan fingerprint density at radius 3 is 2.48 bits per heavy atom. The number of carboxylic acids is 1. The summed E-state index contributed by atoms with van der Waals surface area (Å²) in [6, 6.07) is 3.16. The van der Waals surface area contributed by atoms with Gasteiger partial charge in [-0.2, -0.15) is 4.57 Å². The van der Waals surface area contributed by atoms with Gasteiger partial charge in [-0.15, -0.1) is 0 Å². The van der Waals surface area contributed by atoms with Gasteiger partial charge in [-0.05, 0) is 13.0 Å². The van der Waals surface area contributed by atoms with E-state index in [1.165, 1.54) is 17.9 Å². The third-order valence-corrected chi connectivity index (χ3v) is 3.05. The summed E-state index contributed by atoms with van der Waals surface area (Å²) < 4.78 is 11.4. The van der Waals surface area contributed by atoms with E-state index in [1.807, 2.05) is 0 Å². The van der Waals surface area contributed by atoms with Gasteiger partial charge in [0.2, 0.25) is 0 Å². The summed E-state index contributed by atoms with van der Waals surface area (Å²) >= 11 is 0. The molecule has 3 N–H and O–H groups in total. The molecule has 2 heterocycles. The van der Waals surface area contributed by atoms with Crippen LogP contribution in [-0.4, -0.2) is 59.3 Å². The van der Waals surface area contributed by atoms with Crippen LogP contribution in [-0.2, 0) is 14.3 Å². The standard InChI is InChI=1S/C12H16NO6.C2H4O2/c1-18-12(17)7-3-2-4-13(5-7)11-10(16)9(15)8(6-14)19-11;1-2(3)4/h2-5,8-11,14-16H,6H2,1H3;1H3,(H,3,4)/q+1;/p-1/t8-,9-,10-,11-;/m1./s1. The van der Waals surface area contributed by atoms with Crippen molar-refractivity contribution in [3.8, 4) is 0 Å². The number of nitrogens with zero attached hydrogens (tertiary/aromatic N) is 1. The summed E-state index contributed by atoms with van der Waals surface area (Å²) in [5, 5.41) is 37.5. The number of ether oxygens (including phenoxy) is 2. The highest BCUT2D eigenvalue weighted by Crippen LogP contribution is 2.25. The van der Waals surface area contributed by atoms with Gasteiger partial charge < -0.3 is 34.7 Å². The zero-order chi connectivity index (χ0) is 17.6. The maximum atomic E-state index is 11.4. The fourth-order valence-electron chi connectivity index (χ4n) is 2.02. The Balaban J connectivity index is 0.000000593. The quantitative estimate of drug-likeness (QED) is 0.397. The lowest BCUT2D eigenvalue weighted by atomic mass is 10.1. The molecule has 1 aliphatic rings. The van der Waals surface area contributed by atoms with Crippen LogP contribution < -0.4 is 9.67 Å². The SMILES string of the molecule is CC(=O)[O-].COC(=O)c1ccc[n+]([C@@H]2O[C@H](CO)[C@@H](O)[C@H]2O)c1. The molecule has 0 unspecified atom stereocenters. The molecule has 2 rings (SSSR count). The maximum absolute atomic E-state index is 11.4. The third kappa shape index (κ3) is 4.96. The average molecular weight is 329 g/mol. The molecule has 0 aromatic carbocycles. The Hall–Kier alpha value is -2.07. The Morgan fingerprint density at radius 2 is 2.00 bits per heavy atom. The molecule has 1 saturated heterocycles. The van der Waals surface area contributed by atoms with Crippen LogP contribution in [0.2, 0.25) is 0 Å². The summed E-state index contributed by atoms with van der Waals surface area (Å²) in [5.74, 6) is -1.60. The number of aliphatic hydroxyl groups is 3. The topological polar surface area (TPSA) is 140 Å². The zero-order valence-corrected chi connectivity index (χ0v) is 12.7. The lowest BCUT2D eigenvalue weighted by molar-refractivity contribution is -0.765. The maximum Gasteiger partial charge on any atom is 0.343 e. The summed E-state index contributed by atoms with van der Waals surface area (Å²) in [7, 11) is 1.27. The van der Waals surface area contributed by atoms with Gasteiger partial charge in [-0.3, -0.25) is 0 Å². The monoisotopic (exact) mass is 329 g/mol. The Kier molecular flexibility index (Phi) is 7.04. The van der Waals surface area contributed by atoms with Crippen molar-refractivity contribution in [1.29, 1.82) is 0 Å². The van der Waals surface area contributed by atoms with Crippen LogP contribution in [0.3, 0.4) is 0 Å². The molecule has 128 valence electrons. The van der Waals surface area contributed by atoms with Gasteiger partial charge >= 0.3 is 5.97 Å². The normalized spacial score (nSPS) is 26.1. The molecule has 1 aliphatic heterocycles. The van der Waals surface area contributed by atoms with Crippen molar-refractivity contribution in [2.75, 3.05) is 13.7 Å². The first-order valence-corrected chi connectivity index (χ1v) is 6.71. The fraction of sp³-hybridized carbons (Fsp3) is 0.500. The van der Waals surface area contributed by atoms with Gasteiger partial charge in [0.15, 0.2) is 18.5 Å². The van der Waals surface area contributed by atoms with Gasteiger partial charge in [0.05, 0.1) is 13.7 Å². The van der Waals surface area contributed by atoms with Crippen LogP contribution in [0.15, 0.2) is 24.5 Å². The first-order valence-electron chi connectivity index (χ1n) is 6.71. The molecule has 4 atom stereocenters. The molecule has 0 radical (unpaired) electrons. The number of pyridine rings is 1. The predicted molar refractivity (Wildman–Crippen MR) is 71.7 cm³/mol. The van der Waals surface area contributed by atoms with Gasteiger partial charge in [0, 0.05) is 12.0 Å².